The van der Waals surface area contributed by atoms with Crippen molar-refractivity contribution >= 4 is 39.1 Å². The van der Waals surface area contributed by atoms with Crippen molar-refractivity contribution in [1.82, 2.24) is 20.2 Å². The summed E-state index contributed by atoms with van der Waals surface area (Å²) in [4.78, 5) is 12.1. The van der Waals surface area contributed by atoms with Crippen LogP contribution in [0.3, 0.4) is 0 Å². The molecule has 2 aromatic carbocycles. The first-order valence-corrected chi connectivity index (χ1v) is 8.42. The average molecular weight is 423 g/mol. The standard InChI is InChI=1S/C16H13BrClN5O2/c1-10-6-11(17)7-14(18)16(10)25-8-15(24)20-12-2-4-13(5-3-12)23-9-19-21-22-23/h2-7,9H,8H2,1H3,(H,20,24). The second-order valence-electron chi connectivity index (χ2n) is 5.17. The fourth-order valence-electron chi connectivity index (χ4n) is 2.18. The minimum atomic E-state index is -0.284. The second kappa shape index (κ2) is 7.62. The number of carbonyl (C=O) groups excluding carboxylic acids is 1. The number of aromatic nitrogens is 4. The lowest BCUT2D eigenvalue weighted by Crippen LogP contribution is -2.20. The fraction of sp³-hybridized carbons (Fsp3) is 0.125. The van der Waals surface area contributed by atoms with E-state index in [-0.39, 0.29) is 12.5 Å². The Morgan fingerprint density at radius 2 is 2.08 bits per heavy atom. The Labute approximate surface area is 157 Å². The summed E-state index contributed by atoms with van der Waals surface area (Å²) in [7, 11) is 0. The minimum absolute atomic E-state index is 0.142. The third-order valence-electron chi connectivity index (χ3n) is 3.31. The first-order chi connectivity index (χ1) is 12.0. The zero-order valence-corrected chi connectivity index (χ0v) is 15.5. The minimum Gasteiger partial charge on any atom is -0.482 e. The van der Waals surface area contributed by atoms with Crippen LogP contribution in [0, 0.1) is 6.92 Å². The number of aryl methyl sites for hydroxylation is 1. The Kier molecular flexibility index (Phi) is 5.30. The van der Waals surface area contributed by atoms with E-state index in [0.29, 0.717) is 16.5 Å². The Bertz CT molecular complexity index is 861. The van der Waals surface area contributed by atoms with Gasteiger partial charge in [-0.2, -0.15) is 0 Å². The quantitative estimate of drug-likeness (QED) is 0.681. The molecule has 0 saturated heterocycles. The molecular weight excluding hydrogens is 410 g/mol. The van der Waals surface area contributed by atoms with E-state index in [1.807, 2.05) is 13.0 Å². The first kappa shape index (κ1) is 17.4. The van der Waals surface area contributed by atoms with E-state index in [1.165, 1.54) is 11.0 Å². The van der Waals surface area contributed by atoms with Gasteiger partial charge in [-0.25, -0.2) is 4.68 Å². The van der Waals surface area contributed by atoms with Crippen molar-refractivity contribution in [3.63, 3.8) is 0 Å². The predicted molar refractivity (Wildman–Crippen MR) is 97.2 cm³/mol. The third-order valence-corrected chi connectivity index (χ3v) is 4.04. The van der Waals surface area contributed by atoms with Crippen molar-refractivity contribution in [1.29, 1.82) is 0 Å². The molecule has 0 aliphatic heterocycles. The highest BCUT2D eigenvalue weighted by molar-refractivity contribution is 9.10. The largest absolute Gasteiger partial charge is 0.482 e. The predicted octanol–water partition coefficient (Wildman–Crippen LogP) is 3.40. The van der Waals surface area contributed by atoms with Crippen LogP contribution in [0.1, 0.15) is 5.56 Å². The zero-order valence-electron chi connectivity index (χ0n) is 13.1. The SMILES string of the molecule is Cc1cc(Br)cc(Cl)c1OCC(=O)Nc1ccc(-n2cnnn2)cc1. The summed E-state index contributed by atoms with van der Waals surface area (Å²) in [5.74, 6) is 0.211. The normalized spacial score (nSPS) is 10.5. The second-order valence-corrected chi connectivity index (χ2v) is 6.49. The number of tetrazole rings is 1. The van der Waals surface area contributed by atoms with Gasteiger partial charge in [0.05, 0.1) is 10.7 Å². The molecule has 0 radical (unpaired) electrons. The maximum absolute atomic E-state index is 12.1. The van der Waals surface area contributed by atoms with E-state index in [1.54, 1.807) is 30.3 Å². The highest BCUT2D eigenvalue weighted by Gasteiger charge is 2.10. The van der Waals surface area contributed by atoms with Gasteiger partial charge in [-0.3, -0.25) is 4.79 Å². The molecule has 3 rings (SSSR count). The van der Waals surface area contributed by atoms with Crippen LogP contribution in [0.4, 0.5) is 5.69 Å². The molecule has 0 spiro atoms. The summed E-state index contributed by atoms with van der Waals surface area (Å²) in [6.07, 6.45) is 1.49. The van der Waals surface area contributed by atoms with Crippen molar-refractivity contribution in [2.24, 2.45) is 0 Å². The van der Waals surface area contributed by atoms with Crippen LogP contribution >= 0.6 is 27.5 Å². The molecule has 0 saturated carbocycles. The molecule has 0 aliphatic carbocycles. The molecule has 3 aromatic rings. The Balaban J connectivity index is 1.60. The lowest BCUT2D eigenvalue weighted by molar-refractivity contribution is -0.118. The number of hydrogen-bond donors (Lipinski definition) is 1. The molecule has 1 heterocycles. The number of carbonyl (C=O) groups is 1. The van der Waals surface area contributed by atoms with E-state index < -0.39 is 0 Å². The number of benzene rings is 2. The number of rotatable bonds is 5. The molecule has 1 aromatic heterocycles. The molecule has 0 unspecified atom stereocenters. The van der Waals surface area contributed by atoms with Gasteiger partial charge in [-0.05, 0) is 59.3 Å². The van der Waals surface area contributed by atoms with E-state index in [2.05, 4.69) is 36.8 Å². The Morgan fingerprint density at radius 3 is 2.72 bits per heavy atom. The monoisotopic (exact) mass is 421 g/mol. The summed E-state index contributed by atoms with van der Waals surface area (Å²) in [5, 5.41) is 14.2. The lowest BCUT2D eigenvalue weighted by atomic mass is 10.2. The lowest BCUT2D eigenvalue weighted by Gasteiger charge is -2.12. The van der Waals surface area contributed by atoms with Gasteiger partial charge in [0.2, 0.25) is 0 Å². The van der Waals surface area contributed by atoms with Gasteiger partial charge in [-0.1, -0.05) is 27.5 Å². The molecule has 0 bridgehead atoms. The molecule has 0 atom stereocenters. The van der Waals surface area contributed by atoms with Gasteiger partial charge in [0, 0.05) is 10.2 Å². The van der Waals surface area contributed by atoms with E-state index >= 15 is 0 Å². The van der Waals surface area contributed by atoms with Crippen molar-refractivity contribution in [2.75, 3.05) is 11.9 Å². The molecule has 25 heavy (non-hydrogen) atoms. The van der Waals surface area contributed by atoms with Crippen LogP contribution in [0.15, 0.2) is 47.2 Å². The van der Waals surface area contributed by atoms with E-state index in [9.17, 15) is 4.79 Å². The van der Waals surface area contributed by atoms with Gasteiger partial charge in [-0.15, -0.1) is 5.10 Å². The van der Waals surface area contributed by atoms with Crippen molar-refractivity contribution in [3.05, 3.63) is 57.8 Å². The average Bonchev–Trinajstić information content (AvgIpc) is 3.09. The van der Waals surface area contributed by atoms with E-state index in [0.717, 1.165) is 15.7 Å². The number of ether oxygens (including phenoxy) is 1. The van der Waals surface area contributed by atoms with Gasteiger partial charge in [0.15, 0.2) is 6.61 Å². The molecule has 1 amide bonds. The van der Waals surface area contributed by atoms with Gasteiger partial charge >= 0.3 is 0 Å². The van der Waals surface area contributed by atoms with Crippen LogP contribution in [0.5, 0.6) is 5.75 Å². The molecule has 0 fully saturated rings. The molecular formula is C16H13BrClN5O2. The number of halogens is 2. The number of amides is 1. The summed E-state index contributed by atoms with van der Waals surface area (Å²) in [6, 6.07) is 10.7. The summed E-state index contributed by atoms with van der Waals surface area (Å²) >= 11 is 9.50. The van der Waals surface area contributed by atoms with Crippen LogP contribution < -0.4 is 10.1 Å². The Morgan fingerprint density at radius 1 is 1.32 bits per heavy atom. The zero-order chi connectivity index (χ0) is 17.8. The highest BCUT2D eigenvalue weighted by atomic mass is 79.9. The summed E-state index contributed by atoms with van der Waals surface area (Å²) in [5.41, 5.74) is 2.28. The third kappa shape index (κ3) is 4.34. The number of hydrogen-bond acceptors (Lipinski definition) is 5. The number of nitrogens with zero attached hydrogens (tertiary/aromatic N) is 4. The molecule has 9 heteroatoms. The fourth-order valence-corrected chi connectivity index (χ4v) is 3.21. The molecule has 0 aliphatic rings. The van der Waals surface area contributed by atoms with E-state index in [4.69, 9.17) is 16.3 Å². The highest BCUT2D eigenvalue weighted by Crippen LogP contribution is 2.31. The molecule has 7 nitrogen and oxygen atoms in total. The topological polar surface area (TPSA) is 81.9 Å². The molecule has 1 N–H and O–H groups in total. The Hall–Kier alpha value is -2.45. The van der Waals surface area contributed by atoms with Gasteiger partial charge < -0.3 is 10.1 Å². The summed E-state index contributed by atoms with van der Waals surface area (Å²) in [6.45, 7) is 1.72. The van der Waals surface area contributed by atoms with Crippen LogP contribution in [-0.4, -0.2) is 32.7 Å². The number of nitrogens with one attached hydrogen (secondary N) is 1. The van der Waals surface area contributed by atoms with Crippen molar-refractivity contribution < 1.29 is 9.53 Å². The molecule has 128 valence electrons. The summed E-state index contributed by atoms with van der Waals surface area (Å²) < 4.78 is 7.92. The van der Waals surface area contributed by atoms with Gasteiger partial charge in [0.25, 0.3) is 5.91 Å². The van der Waals surface area contributed by atoms with Gasteiger partial charge in [0.1, 0.15) is 12.1 Å². The van der Waals surface area contributed by atoms with Crippen molar-refractivity contribution in [3.8, 4) is 11.4 Å². The van der Waals surface area contributed by atoms with Crippen molar-refractivity contribution in [2.45, 2.75) is 6.92 Å². The first-order valence-electron chi connectivity index (χ1n) is 7.24. The maximum Gasteiger partial charge on any atom is 0.262 e. The van der Waals surface area contributed by atoms with Crippen LogP contribution in [0.2, 0.25) is 5.02 Å². The number of anilines is 1. The van der Waals surface area contributed by atoms with Crippen LogP contribution in [-0.2, 0) is 4.79 Å². The maximum atomic E-state index is 12.1. The smallest absolute Gasteiger partial charge is 0.262 e. The van der Waals surface area contributed by atoms with Crippen LogP contribution in [0.25, 0.3) is 5.69 Å².